The van der Waals surface area contributed by atoms with E-state index in [0.29, 0.717) is 19.5 Å². The fourth-order valence-electron chi connectivity index (χ4n) is 2.09. The van der Waals surface area contributed by atoms with Crippen LogP contribution >= 0.6 is 0 Å². The smallest absolute Gasteiger partial charge is 0.324 e. The van der Waals surface area contributed by atoms with Gasteiger partial charge in [-0.1, -0.05) is 30.3 Å². The van der Waals surface area contributed by atoms with Crippen molar-refractivity contribution < 1.29 is 9.59 Å². The van der Waals surface area contributed by atoms with E-state index in [1.54, 1.807) is 0 Å². The van der Waals surface area contributed by atoms with E-state index in [-0.39, 0.29) is 11.9 Å². The highest BCUT2D eigenvalue weighted by Crippen LogP contribution is 2.08. The topological polar surface area (TPSA) is 49.4 Å². The molecule has 4 nitrogen and oxygen atoms in total. The van der Waals surface area contributed by atoms with Crippen molar-refractivity contribution in [2.24, 2.45) is 0 Å². The molecule has 0 bridgehead atoms. The van der Waals surface area contributed by atoms with Gasteiger partial charge in [0, 0.05) is 19.5 Å². The van der Waals surface area contributed by atoms with Crippen molar-refractivity contribution in [2.75, 3.05) is 13.1 Å². The number of hydrogen-bond donors (Lipinski definition) is 1. The summed E-state index contributed by atoms with van der Waals surface area (Å²) in [4.78, 5) is 24.7. The Bertz CT molecular complexity index is 417. The van der Waals surface area contributed by atoms with E-state index in [4.69, 9.17) is 0 Å². The highest BCUT2D eigenvalue weighted by atomic mass is 16.2. The number of imide groups is 1. The minimum absolute atomic E-state index is 0.0665. The fraction of sp³-hybridized carbons (Fsp3) is 0.429. The average Bonchev–Trinajstić information content (AvgIpc) is 2.40. The van der Waals surface area contributed by atoms with E-state index >= 15 is 0 Å². The highest BCUT2D eigenvalue weighted by molar-refractivity contribution is 5.94. The van der Waals surface area contributed by atoms with Gasteiger partial charge in [-0.3, -0.25) is 9.69 Å². The van der Waals surface area contributed by atoms with Crippen molar-refractivity contribution in [2.45, 2.75) is 25.7 Å². The van der Waals surface area contributed by atoms with Crippen LogP contribution in [0.1, 0.15) is 24.8 Å². The zero-order valence-corrected chi connectivity index (χ0v) is 10.4. The molecule has 1 aromatic carbocycles. The quantitative estimate of drug-likeness (QED) is 0.882. The van der Waals surface area contributed by atoms with Crippen LogP contribution in [-0.4, -0.2) is 29.9 Å². The Morgan fingerprint density at radius 1 is 1.28 bits per heavy atom. The fourth-order valence-corrected chi connectivity index (χ4v) is 2.09. The Kier molecular flexibility index (Phi) is 4.34. The van der Waals surface area contributed by atoms with Gasteiger partial charge in [0.1, 0.15) is 0 Å². The Balaban J connectivity index is 1.76. The molecule has 2 rings (SSSR count). The number of urea groups is 1. The maximum absolute atomic E-state index is 11.9. The number of carbonyl (C=O) groups is 2. The standard InChI is InChI=1S/C14H18N2O2/c17-13(16-11-5-10-15-14(16)18)9-4-8-12-6-2-1-3-7-12/h1-3,6-7H,4-5,8-11H2,(H,15,18). The number of aryl methyl sites for hydroxylation is 1. The number of amides is 3. The van der Waals surface area contributed by atoms with Crippen LogP contribution in [0.5, 0.6) is 0 Å². The van der Waals surface area contributed by atoms with Gasteiger partial charge in [-0.05, 0) is 24.8 Å². The molecule has 96 valence electrons. The molecule has 1 aliphatic rings. The Labute approximate surface area is 107 Å². The summed E-state index contributed by atoms with van der Waals surface area (Å²) < 4.78 is 0. The first-order chi connectivity index (χ1) is 8.77. The third-order valence-electron chi connectivity index (χ3n) is 3.08. The molecule has 0 atom stereocenters. The first-order valence-electron chi connectivity index (χ1n) is 6.39. The molecule has 0 saturated carbocycles. The Morgan fingerprint density at radius 2 is 2.06 bits per heavy atom. The van der Waals surface area contributed by atoms with Gasteiger partial charge in [-0.15, -0.1) is 0 Å². The van der Waals surface area contributed by atoms with Crippen LogP contribution in [0.15, 0.2) is 30.3 Å². The summed E-state index contributed by atoms with van der Waals surface area (Å²) in [6.45, 7) is 1.22. The Morgan fingerprint density at radius 3 is 2.78 bits per heavy atom. The average molecular weight is 246 g/mol. The number of nitrogens with one attached hydrogen (secondary N) is 1. The lowest BCUT2D eigenvalue weighted by Gasteiger charge is -2.25. The Hall–Kier alpha value is -1.84. The van der Waals surface area contributed by atoms with E-state index < -0.39 is 0 Å². The lowest BCUT2D eigenvalue weighted by molar-refractivity contribution is -0.128. The minimum Gasteiger partial charge on any atom is -0.338 e. The van der Waals surface area contributed by atoms with E-state index in [1.807, 2.05) is 18.2 Å². The predicted molar refractivity (Wildman–Crippen MR) is 69.1 cm³/mol. The molecular formula is C14H18N2O2. The molecule has 0 radical (unpaired) electrons. The van der Waals surface area contributed by atoms with E-state index in [0.717, 1.165) is 19.3 Å². The summed E-state index contributed by atoms with van der Waals surface area (Å²) in [5, 5.41) is 2.69. The minimum atomic E-state index is -0.244. The van der Waals surface area contributed by atoms with Gasteiger partial charge in [-0.2, -0.15) is 0 Å². The van der Waals surface area contributed by atoms with Crippen LogP contribution in [0, 0.1) is 0 Å². The van der Waals surface area contributed by atoms with Crippen LogP contribution in [-0.2, 0) is 11.2 Å². The van der Waals surface area contributed by atoms with Crippen molar-refractivity contribution in [1.29, 1.82) is 0 Å². The van der Waals surface area contributed by atoms with Gasteiger partial charge >= 0.3 is 6.03 Å². The normalized spacial score (nSPS) is 15.3. The molecule has 0 unspecified atom stereocenters. The number of hydrogen-bond acceptors (Lipinski definition) is 2. The molecule has 1 N–H and O–H groups in total. The van der Waals surface area contributed by atoms with Gasteiger partial charge < -0.3 is 5.32 Å². The highest BCUT2D eigenvalue weighted by Gasteiger charge is 2.23. The molecule has 1 aromatic rings. The summed E-state index contributed by atoms with van der Waals surface area (Å²) in [5.74, 6) is -0.0665. The molecule has 0 aromatic heterocycles. The van der Waals surface area contributed by atoms with Crippen molar-refractivity contribution in [1.82, 2.24) is 10.2 Å². The largest absolute Gasteiger partial charge is 0.338 e. The van der Waals surface area contributed by atoms with E-state index in [2.05, 4.69) is 17.4 Å². The number of rotatable bonds is 4. The number of benzene rings is 1. The SMILES string of the molecule is O=C(CCCc1ccccc1)N1CCCNC1=O. The summed E-state index contributed by atoms with van der Waals surface area (Å²) in [6.07, 6.45) is 2.94. The zero-order chi connectivity index (χ0) is 12.8. The number of carbonyl (C=O) groups excluding carboxylic acids is 2. The monoisotopic (exact) mass is 246 g/mol. The van der Waals surface area contributed by atoms with Gasteiger partial charge in [0.05, 0.1) is 0 Å². The van der Waals surface area contributed by atoms with Crippen molar-refractivity contribution in [3.63, 3.8) is 0 Å². The van der Waals surface area contributed by atoms with Crippen molar-refractivity contribution in [3.8, 4) is 0 Å². The summed E-state index contributed by atoms with van der Waals surface area (Å²) in [7, 11) is 0. The van der Waals surface area contributed by atoms with Crippen LogP contribution in [0.4, 0.5) is 4.79 Å². The summed E-state index contributed by atoms with van der Waals surface area (Å²) in [6, 6.07) is 9.83. The molecule has 3 amide bonds. The van der Waals surface area contributed by atoms with Gasteiger partial charge in [-0.25, -0.2) is 4.79 Å². The second-order valence-corrected chi connectivity index (χ2v) is 4.47. The molecule has 1 saturated heterocycles. The molecular weight excluding hydrogens is 228 g/mol. The third kappa shape index (κ3) is 3.32. The molecule has 4 heteroatoms. The molecule has 1 fully saturated rings. The predicted octanol–water partition coefficient (Wildman–Crippen LogP) is 1.95. The van der Waals surface area contributed by atoms with Crippen LogP contribution < -0.4 is 5.32 Å². The first-order valence-corrected chi connectivity index (χ1v) is 6.39. The van der Waals surface area contributed by atoms with Crippen LogP contribution in [0.25, 0.3) is 0 Å². The molecule has 0 aliphatic carbocycles. The molecule has 0 spiro atoms. The lowest BCUT2D eigenvalue weighted by Crippen LogP contribution is -2.49. The molecule has 1 heterocycles. The second kappa shape index (κ2) is 6.19. The maximum Gasteiger partial charge on any atom is 0.324 e. The zero-order valence-electron chi connectivity index (χ0n) is 10.4. The van der Waals surface area contributed by atoms with Gasteiger partial charge in [0.25, 0.3) is 0 Å². The van der Waals surface area contributed by atoms with Crippen molar-refractivity contribution >= 4 is 11.9 Å². The van der Waals surface area contributed by atoms with Gasteiger partial charge in [0.15, 0.2) is 0 Å². The van der Waals surface area contributed by atoms with Crippen LogP contribution in [0.3, 0.4) is 0 Å². The lowest BCUT2D eigenvalue weighted by atomic mass is 10.1. The molecule has 1 aliphatic heterocycles. The third-order valence-corrected chi connectivity index (χ3v) is 3.08. The summed E-state index contributed by atoms with van der Waals surface area (Å²) >= 11 is 0. The summed E-state index contributed by atoms with van der Waals surface area (Å²) in [5.41, 5.74) is 1.23. The number of nitrogens with zero attached hydrogens (tertiary/aromatic N) is 1. The van der Waals surface area contributed by atoms with Crippen molar-refractivity contribution in [3.05, 3.63) is 35.9 Å². The van der Waals surface area contributed by atoms with E-state index in [9.17, 15) is 9.59 Å². The maximum atomic E-state index is 11.9. The van der Waals surface area contributed by atoms with Crippen LogP contribution in [0.2, 0.25) is 0 Å². The second-order valence-electron chi connectivity index (χ2n) is 4.47. The molecule has 18 heavy (non-hydrogen) atoms. The first kappa shape index (κ1) is 12.6. The van der Waals surface area contributed by atoms with Gasteiger partial charge in [0.2, 0.25) is 5.91 Å². The van der Waals surface area contributed by atoms with E-state index in [1.165, 1.54) is 10.5 Å².